The van der Waals surface area contributed by atoms with Gasteiger partial charge in [0.05, 0.1) is 13.1 Å². The van der Waals surface area contributed by atoms with E-state index in [0.29, 0.717) is 24.3 Å². The van der Waals surface area contributed by atoms with Crippen molar-refractivity contribution in [2.24, 2.45) is 21.8 Å². The number of guanidine groups is 1. The molecule has 0 bridgehead atoms. The molecule has 1 atom stereocenters. The molecule has 0 aliphatic carbocycles. The number of hydrogen-bond acceptors (Lipinski definition) is 4. The predicted molar refractivity (Wildman–Crippen MR) is 65.8 cm³/mol. The van der Waals surface area contributed by atoms with Gasteiger partial charge in [-0.05, 0) is 5.92 Å². The summed E-state index contributed by atoms with van der Waals surface area (Å²) in [5.41, 5.74) is 0. The first kappa shape index (κ1) is 12.7. The Labute approximate surface area is 96.6 Å². The summed E-state index contributed by atoms with van der Waals surface area (Å²) in [5, 5.41) is 2.57. The second kappa shape index (κ2) is 5.63. The van der Waals surface area contributed by atoms with Gasteiger partial charge in [0.15, 0.2) is 0 Å². The van der Waals surface area contributed by atoms with Gasteiger partial charge in [0.2, 0.25) is 11.9 Å². The first-order valence-corrected chi connectivity index (χ1v) is 5.55. The minimum absolute atomic E-state index is 0.0358. The van der Waals surface area contributed by atoms with Crippen LogP contribution >= 0.6 is 0 Å². The van der Waals surface area contributed by atoms with Crippen LogP contribution in [-0.4, -0.2) is 50.2 Å². The van der Waals surface area contributed by atoms with E-state index in [9.17, 15) is 4.79 Å². The van der Waals surface area contributed by atoms with Crippen molar-refractivity contribution < 1.29 is 4.79 Å². The molecule has 5 nitrogen and oxygen atoms in total. The Morgan fingerprint density at radius 3 is 2.81 bits per heavy atom. The van der Waals surface area contributed by atoms with E-state index in [1.165, 1.54) is 0 Å². The van der Waals surface area contributed by atoms with Crippen molar-refractivity contribution in [1.82, 2.24) is 10.2 Å². The first-order chi connectivity index (χ1) is 7.54. The summed E-state index contributed by atoms with van der Waals surface area (Å²) in [6, 6.07) is 0. The zero-order valence-corrected chi connectivity index (χ0v) is 10.4. The normalized spacial score (nSPS) is 19.6. The van der Waals surface area contributed by atoms with E-state index < -0.39 is 0 Å². The molecule has 16 heavy (non-hydrogen) atoms. The summed E-state index contributed by atoms with van der Waals surface area (Å²) < 4.78 is 0. The molecule has 1 unspecified atom stereocenters. The van der Waals surface area contributed by atoms with Gasteiger partial charge >= 0.3 is 0 Å². The molecule has 0 saturated heterocycles. The summed E-state index contributed by atoms with van der Waals surface area (Å²) in [7, 11) is 3.44. The fourth-order valence-corrected chi connectivity index (χ4v) is 1.40. The number of amides is 1. The van der Waals surface area contributed by atoms with Crippen molar-refractivity contribution in [3.05, 3.63) is 0 Å². The molecule has 0 radical (unpaired) electrons. The summed E-state index contributed by atoms with van der Waals surface area (Å²) in [6.07, 6.45) is 1.94. The lowest BCUT2D eigenvalue weighted by Crippen LogP contribution is -2.37. The molecular weight excluding hydrogens is 204 g/mol. The van der Waals surface area contributed by atoms with Gasteiger partial charge in [-0.3, -0.25) is 9.79 Å². The lowest BCUT2D eigenvalue weighted by molar-refractivity contribution is -0.120. The van der Waals surface area contributed by atoms with Crippen molar-refractivity contribution in [3.8, 4) is 0 Å². The molecule has 1 aliphatic heterocycles. The Morgan fingerprint density at radius 1 is 1.69 bits per heavy atom. The monoisotopic (exact) mass is 224 g/mol. The SMILES string of the molecule is CNC(=O)CN(C)C1=NCC(C(C)C)C=N1. The van der Waals surface area contributed by atoms with Crippen LogP contribution in [0.2, 0.25) is 0 Å². The highest BCUT2D eigenvalue weighted by Gasteiger charge is 2.17. The highest BCUT2D eigenvalue weighted by atomic mass is 16.1. The lowest BCUT2D eigenvalue weighted by atomic mass is 9.97. The Morgan fingerprint density at radius 2 is 2.38 bits per heavy atom. The fraction of sp³-hybridized carbons (Fsp3) is 0.727. The molecule has 1 heterocycles. The van der Waals surface area contributed by atoms with Crippen LogP contribution in [0.1, 0.15) is 13.8 Å². The maximum Gasteiger partial charge on any atom is 0.239 e. The average molecular weight is 224 g/mol. The summed E-state index contributed by atoms with van der Waals surface area (Å²) >= 11 is 0. The molecule has 1 N–H and O–H groups in total. The number of aliphatic imine (C=N–C) groups is 2. The van der Waals surface area contributed by atoms with Gasteiger partial charge < -0.3 is 10.2 Å². The molecule has 0 aromatic heterocycles. The molecule has 0 fully saturated rings. The molecule has 0 aromatic carbocycles. The molecule has 5 heteroatoms. The van der Waals surface area contributed by atoms with E-state index in [4.69, 9.17) is 0 Å². The molecule has 0 saturated carbocycles. The minimum Gasteiger partial charge on any atom is -0.358 e. The Balaban J connectivity index is 2.52. The number of hydrogen-bond donors (Lipinski definition) is 1. The van der Waals surface area contributed by atoms with Crippen LogP contribution in [0.3, 0.4) is 0 Å². The Kier molecular flexibility index (Phi) is 4.46. The van der Waals surface area contributed by atoms with E-state index in [1.807, 2.05) is 13.3 Å². The number of nitrogens with zero attached hydrogens (tertiary/aromatic N) is 3. The first-order valence-electron chi connectivity index (χ1n) is 5.55. The molecule has 1 rings (SSSR count). The topological polar surface area (TPSA) is 57.1 Å². The van der Waals surface area contributed by atoms with Crippen LogP contribution in [0.15, 0.2) is 9.98 Å². The molecule has 0 spiro atoms. The van der Waals surface area contributed by atoms with Crippen LogP contribution in [0, 0.1) is 11.8 Å². The molecule has 1 aliphatic rings. The minimum atomic E-state index is -0.0358. The highest BCUT2D eigenvalue weighted by molar-refractivity contribution is 5.92. The van der Waals surface area contributed by atoms with Crippen LogP contribution in [0.25, 0.3) is 0 Å². The second-order valence-corrected chi connectivity index (χ2v) is 4.36. The third kappa shape index (κ3) is 3.32. The van der Waals surface area contributed by atoms with Gasteiger partial charge in [-0.15, -0.1) is 0 Å². The van der Waals surface area contributed by atoms with Crippen molar-refractivity contribution in [3.63, 3.8) is 0 Å². The summed E-state index contributed by atoms with van der Waals surface area (Å²) in [4.78, 5) is 21.6. The number of carbonyl (C=O) groups excluding carboxylic acids is 1. The van der Waals surface area contributed by atoms with Crippen LogP contribution in [0.5, 0.6) is 0 Å². The van der Waals surface area contributed by atoms with E-state index in [2.05, 4.69) is 29.1 Å². The summed E-state index contributed by atoms with van der Waals surface area (Å²) in [5.74, 6) is 1.57. The maximum absolute atomic E-state index is 11.2. The van der Waals surface area contributed by atoms with Gasteiger partial charge in [-0.1, -0.05) is 13.8 Å². The maximum atomic E-state index is 11.2. The second-order valence-electron chi connectivity index (χ2n) is 4.36. The zero-order valence-electron chi connectivity index (χ0n) is 10.4. The predicted octanol–water partition coefficient (Wildman–Crippen LogP) is 0.377. The number of carbonyl (C=O) groups is 1. The zero-order chi connectivity index (χ0) is 12.1. The number of nitrogens with one attached hydrogen (secondary N) is 1. The van der Waals surface area contributed by atoms with Gasteiger partial charge in [0, 0.05) is 26.2 Å². The van der Waals surface area contributed by atoms with Crippen molar-refractivity contribution in [1.29, 1.82) is 0 Å². The van der Waals surface area contributed by atoms with Crippen LogP contribution in [-0.2, 0) is 4.79 Å². The van der Waals surface area contributed by atoms with E-state index in [1.54, 1.807) is 11.9 Å². The average Bonchev–Trinajstić information content (AvgIpc) is 2.28. The van der Waals surface area contributed by atoms with E-state index >= 15 is 0 Å². The third-order valence-electron chi connectivity index (χ3n) is 2.68. The largest absolute Gasteiger partial charge is 0.358 e. The standard InChI is InChI=1S/C11H20N4O/c1-8(2)9-5-13-11(14-6-9)15(4)7-10(16)12-3/h5,8-9H,6-7H2,1-4H3,(H,12,16). The van der Waals surface area contributed by atoms with Gasteiger partial charge in [0.25, 0.3) is 0 Å². The summed E-state index contributed by atoms with van der Waals surface area (Å²) in [6.45, 7) is 5.37. The van der Waals surface area contributed by atoms with Crippen molar-refractivity contribution >= 4 is 18.1 Å². The van der Waals surface area contributed by atoms with Crippen LogP contribution in [0.4, 0.5) is 0 Å². The van der Waals surface area contributed by atoms with Gasteiger partial charge in [0.1, 0.15) is 0 Å². The van der Waals surface area contributed by atoms with E-state index in [0.717, 1.165) is 6.54 Å². The molecule has 1 amide bonds. The van der Waals surface area contributed by atoms with Gasteiger partial charge in [-0.25, -0.2) is 4.99 Å². The number of likely N-dealkylation sites (N-methyl/N-ethyl adjacent to an activating group) is 2. The van der Waals surface area contributed by atoms with E-state index in [-0.39, 0.29) is 5.91 Å². The quantitative estimate of drug-likeness (QED) is 0.753. The molecule has 0 aromatic rings. The lowest BCUT2D eigenvalue weighted by Gasteiger charge is -2.23. The van der Waals surface area contributed by atoms with Gasteiger partial charge in [-0.2, -0.15) is 0 Å². The number of rotatable bonds is 3. The van der Waals surface area contributed by atoms with Crippen LogP contribution < -0.4 is 5.32 Å². The van der Waals surface area contributed by atoms with Crippen molar-refractivity contribution in [2.45, 2.75) is 13.8 Å². The fourth-order valence-electron chi connectivity index (χ4n) is 1.40. The molecule has 90 valence electrons. The smallest absolute Gasteiger partial charge is 0.239 e. The Bertz CT molecular complexity index is 309. The molecular formula is C11H20N4O. The highest BCUT2D eigenvalue weighted by Crippen LogP contribution is 2.12. The Hall–Kier alpha value is -1.39. The van der Waals surface area contributed by atoms with Crippen molar-refractivity contribution in [2.75, 3.05) is 27.2 Å². The third-order valence-corrected chi connectivity index (χ3v) is 2.68.